The minimum Gasteiger partial charge on any atom is -0.463 e. The number of nitrogens with one attached hydrogen (secondary N) is 2. The molecule has 1 amide bonds. The van der Waals surface area contributed by atoms with Crippen molar-refractivity contribution in [2.45, 2.75) is 37.4 Å². The number of rotatable bonds is 2. The highest BCUT2D eigenvalue weighted by Crippen LogP contribution is 2.29. The van der Waals surface area contributed by atoms with E-state index in [1.165, 1.54) is 6.42 Å². The third kappa shape index (κ3) is 1.91. The molecule has 0 aliphatic carbocycles. The molecule has 2 saturated heterocycles. The minimum atomic E-state index is -0.0608. The van der Waals surface area contributed by atoms with Crippen molar-refractivity contribution < 1.29 is 9.21 Å². The van der Waals surface area contributed by atoms with Gasteiger partial charge in [-0.15, -0.1) is 0 Å². The molecule has 2 N–H and O–H groups in total. The molecule has 2 aromatic rings. The Morgan fingerprint density at radius 1 is 1.40 bits per heavy atom. The summed E-state index contributed by atoms with van der Waals surface area (Å²) in [6.45, 7) is 0. The Bertz CT molecular complexity index is 682. The molecule has 4 nitrogen and oxygen atoms in total. The SMILES string of the molecule is O=C(N[C@@H]1C[C@H]2CC[C@@H]1N2)c1cc(Cl)c2occc2c1. The third-order valence-corrected chi connectivity index (χ3v) is 4.67. The number of hydrogen-bond acceptors (Lipinski definition) is 3. The highest BCUT2D eigenvalue weighted by molar-refractivity contribution is 6.35. The van der Waals surface area contributed by atoms with Gasteiger partial charge in [-0.1, -0.05) is 11.6 Å². The molecule has 5 heteroatoms. The maximum Gasteiger partial charge on any atom is 0.251 e. The largest absolute Gasteiger partial charge is 0.463 e. The van der Waals surface area contributed by atoms with E-state index in [1.54, 1.807) is 12.3 Å². The van der Waals surface area contributed by atoms with E-state index in [4.69, 9.17) is 16.0 Å². The number of amides is 1. The fourth-order valence-corrected chi connectivity index (χ4v) is 3.68. The Hall–Kier alpha value is -1.52. The number of carbonyl (C=O) groups excluding carboxylic acids is 1. The van der Waals surface area contributed by atoms with Crippen LogP contribution in [0.4, 0.5) is 0 Å². The molecule has 0 spiro atoms. The van der Waals surface area contributed by atoms with Crippen LogP contribution in [0.25, 0.3) is 11.0 Å². The molecule has 1 aromatic carbocycles. The van der Waals surface area contributed by atoms with Gasteiger partial charge < -0.3 is 15.1 Å². The fourth-order valence-electron chi connectivity index (χ4n) is 3.40. The van der Waals surface area contributed by atoms with Crippen molar-refractivity contribution in [2.75, 3.05) is 0 Å². The zero-order valence-corrected chi connectivity index (χ0v) is 11.6. The lowest BCUT2D eigenvalue weighted by Gasteiger charge is -2.21. The molecule has 0 unspecified atom stereocenters. The van der Waals surface area contributed by atoms with Crippen LogP contribution in [-0.2, 0) is 0 Å². The van der Waals surface area contributed by atoms with Crippen LogP contribution in [0.3, 0.4) is 0 Å². The summed E-state index contributed by atoms with van der Waals surface area (Å²) in [7, 11) is 0. The first kappa shape index (κ1) is 12.2. The average molecular weight is 291 g/mol. The van der Waals surface area contributed by atoms with E-state index in [1.807, 2.05) is 12.1 Å². The quantitative estimate of drug-likeness (QED) is 0.894. The predicted molar refractivity (Wildman–Crippen MR) is 77.0 cm³/mol. The van der Waals surface area contributed by atoms with E-state index in [0.717, 1.165) is 18.2 Å². The van der Waals surface area contributed by atoms with Gasteiger partial charge in [-0.25, -0.2) is 0 Å². The first-order chi connectivity index (χ1) is 9.70. The normalized spacial score (nSPS) is 28.1. The van der Waals surface area contributed by atoms with Gasteiger partial charge in [0.2, 0.25) is 0 Å². The predicted octanol–water partition coefficient (Wildman–Crippen LogP) is 2.71. The molecule has 0 radical (unpaired) electrons. The average Bonchev–Trinajstić information content (AvgIpc) is 3.13. The van der Waals surface area contributed by atoms with Crippen LogP contribution >= 0.6 is 11.6 Å². The summed E-state index contributed by atoms with van der Waals surface area (Å²) in [6, 6.07) is 6.54. The van der Waals surface area contributed by atoms with Gasteiger partial charge in [0.1, 0.15) is 0 Å². The monoisotopic (exact) mass is 290 g/mol. The second-order valence-electron chi connectivity index (χ2n) is 5.66. The van der Waals surface area contributed by atoms with Crippen molar-refractivity contribution in [3.63, 3.8) is 0 Å². The van der Waals surface area contributed by atoms with E-state index < -0.39 is 0 Å². The lowest BCUT2D eigenvalue weighted by molar-refractivity contribution is 0.0931. The maximum atomic E-state index is 12.4. The molecule has 104 valence electrons. The summed E-state index contributed by atoms with van der Waals surface area (Å²) in [5.74, 6) is -0.0608. The topological polar surface area (TPSA) is 54.3 Å². The minimum absolute atomic E-state index is 0.0608. The lowest BCUT2D eigenvalue weighted by Crippen LogP contribution is -2.42. The van der Waals surface area contributed by atoms with E-state index in [-0.39, 0.29) is 11.9 Å². The Morgan fingerprint density at radius 2 is 2.30 bits per heavy atom. The summed E-state index contributed by atoms with van der Waals surface area (Å²) in [6.07, 6.45) is 4.98. The Kier molecular flexibility index (Phi) is 2.75. The van der Waals surface area contributed by atoms with Gasteiger partial charge in [-0.3, -0.25) is 4.79 Å². The molecular formula is C15H15ClN2O2. The molecule has 2 aliphatic rings. The Balaban J connectivity index is 1.57. The number of benzene rings is 1. The van der Waals surface area contributed by atoms with E-state index in [0.29, 0.717) is 28.3 Å². The highest BCUT2D eigenvalue weighted by atomic mass is 35.5. The number of furan rings is 1. The van der Waals surface area contributed by atoms with Crippen LogP contribution in [0.1, 0.15) is 29.6 Å². The molecule has 20 heavy (non-hydrogen) atoms. The molecule has 1 aromatic heterocycles. The van der Waals surface area contributed by atoms with Crippen LogP contribution in [0.15, 0.2) is 28.9 Å². The van der Waals surface area contributed by atoms with Gasteiger partial charge in [0.15, 0.2) is 5.58 Å². The first-order valence-electron chi connectivity index (χ1n) is 6.94. The van der Waals surface area contributed by atoms with Crippen LogP contribution in [-0.4, -0.2) is 24.0 Å². The van der Waals surface area contributed by atoms with Gasteiger partial charge in [-0.2, -0.15) is 0 Å². The molecule has 0 saturated carbocycles. The molecule has 4 rings (SSSR count). The zero-order chi connectivity index (χ0) is 13.7. The fraction of sp³-hybridized carbons (Fsp3) is 0.400. The first-order valence-corrected chi connectivity index (χ1v) is 7.32. The van der Waals surface area contributed by atoms with Crippen molar-refractivity contribution in [1.82, 2.24) is 10.6 Å². The molecule has 3 atom stereocenters. The second-order valence-corrected chi connectivity index (χ2v) is 6.07. The third-order valence-electron chi connectivity index (χ3n) is 4.38. The molecule has 3 heterocycles. The Labute approximate surface area is 121 Å². The molecular weight excluding hydrogens is 276 g/mol. The summed E-state index contributed by atoms with van der Waals surface area (Å²) < 4.78 is 5.28. The summed E-state index contributed by atoms with van der Waals surface area (Å²) in [5.41, 5.74) is 1.22. The van der Waals surface area contributed by atoms with Crippen molar-refractivity contribution >= 4 is 28.5 Å². The maximum absolute atomic E-state index is 12.4. The van der Waals surface area contributed by atoms with Crippen LogP contribution < -0.4 is 10.6 Å². The van der Waals surface area contributed by atoms with Gasteiger partial charge in [0.05, 0.1) is 11.3 Å². The number of carbonyl (C=O) groups is 1. The van der Waals surface area contributed by atoms with Gasteiger partial charge in [-0.05, 0) is 37.5 Å². The van der Waals surface area contributed by atoms with Crippen LogP contribution in [0.5, 0.6) is 0 Å². The highest BCUT2D eigenvalue weighted by Gasteiger charge is 2.39. The smallest absolute Gasteiger partial charge is 0.251 e. The Morgan fingerprint density at radius 3 is 3.05 bits per heavy atom. The number of hydrogen-bond donors (Lipinski definition) is 2. The summed E-state index contributed by atoms with van der Waals surface area (Å²) in [4.78, 5) is 12.4. The number of fused-ring (bicyclic) bond motifs is 3. The molecule has 2 fully saturated rings. The van der Waals surface area contributed by atoms with Gasteiger partial charge in [0.25, 0.3) is 5.91 Å². The van der Waals surface area contributed by atoms with Crippen molar-refractivity contribution in [3.8, 4) is 0 Å². The van der Waals surface area contributed by atoms with E-state index in [2.05, 4.69) is 10.6 Å². The van der Waals surface area contributed by atoms with E-state index in [9.17, 15) is 4.79 Å². The zero-order valence-electron chi connectivity index (χ0n) is 10.9. The van der Waals surface area contributed by atoms with Crippen molar-refractivity contribution in [1.29, 1.82) is 0 Å². The van der Waals surface area contributed by atoms with Crippen LogP contribution in [0, 0.1) is 0 Å². The van der Waals surface area contributed by atoms with E-state index >= 15 is 0 Å². The molecule has 2 aliphatic heterocycles. The van der Waals surface area contributed by atoms with Gasteiger partial charge in [0, 0.05) is 29.1 Å². The molecule has 2 bridgehead atoms. The van der Waals surface area contributed by atoms with Crippen molar-refractivity contribution in [2.24, 2.45) is 0 Å². The lowest BCUT2D eigenvalue weighted by atomic mass is 9.95. The van der Waals surface area contributed by atoms with Crippen molar-refractivity contribution in [3.05, 3.63) is 35.0 Å². The summed E-state index contributed by atoms with van der Waals surface area (Å²) in [5, 5.41) is 7.97. The number of halogens is 1. The summed E-state index contributed by atoms with van der Waals surface area (Å²) >= 11 is 6.14. The second kappa shape index (κ2) is 4.50. The van der Waals surface area contributed by atoms with Gasteiger partial charge >= 0.3 is 0 Å². The van der Waals surface area contributed by atoms with Crippen LogP contribution in [0.2, 0.25) is 5.02 Å². The standard InChI is InChI=1S/C15H15ClN2O2/c16-11-6-9(5-8-3-4-20-14(8)11)15(19)18-13-7-10-1-2-12(13)17-10/h3-6,10,12-13,17H,1-2,7H2,(H,18,19)/t10-,12+,13-/m1/s1.